The fourth-order valence-corrected chi connectivity index (χ4v) is 4.05. The summed E-state index contributed by atoms with van der Waals surface area (Å²) >= 11 is 0. The molecule has 1 rings (SSSR count). The summed E-state index contributed by atoms with van der Waals surface area (Å²) in [6.45, 7) is 5.64. The van der Waals surface area contributed by atoms with Gasteiger partial charge in [0.25, 0.3) is 21.9 Å². The van der Waals surface area contributed by atoms with Gasteiger partial charge in [-0.15, -0.1) is 0 Å². The van der Waals surface area contributed by atoms with Crippen LogP contribution in [0.25, 0.3) is 0 Å². The van der Waals surface area contributed by atoms with Gasteiger partial charge in [0.05, 0.1) is 6.04 Å². The lowest BCUT2D eigenvalue weighted by Crippen LogP contribution is -2.56. The monoisotopic (exact) mass is 516 g/mol. The van der Waals surface area contributed by atoms with Crippen molar-refractivity contribution in [2.24, 2.45) is 5.92 Å². The summed E-state index contributed by atoms with van der Waals surface area (Å²) in [6, 6.07) is -2.15. The predicted octanol–water partition coefficient (Wildman–Crippen LogP) is -1.31. The first-order valence-corrected chi connectivity index (χ1v) is 12.5. The van der Waals surface area contributed by atoms with E-state index in [0.717, 1.165) is 17.1 Å². The van der Waals surface area contributed by atoms with Gasteiger partial charge in [0.15, 0.2) is 11.0 Å². The normalized spacial score (nSPS) is 16.1. The molecule has 0 saturated heterocycles. The van der Waals surface area contributed by atoms with Gasteiger partial charge >= 0.3 is 0 Å². The zero-order chi connectivity index (χ0) is 26.9. The molecule has 0 fully saturated rings. The van der Waals surface area contributed by atoms with E-state index in [9.17, 15) is 41.7 Å². The maximum absolute atomic E-state index is 12.8. The second kappa shape index (κ2) is 13.1. The van der Waals surface area contributed by atoms with Crippen molar-refractivity contribution in [1.29, 1.82) is 0 Å². The Morgan fingerprint density at radius 1 is 0.971 bits per heavy atom. The second-order valence-electron chi connectivity index (χ2n) is 8.48. The van der Waals surface area contributed by atoms with Crippen LogP contribution in [0, 0.1) is 5.92 Å². The number of nitrogens with zero attached hydrogens (tertiary/aromatic N) is 1. The van der Waals surface area contributed by atoms with Crippen molar-refractivity contribution in [2.45, 2.75) is 64.3 Å². The molecule has 196 valence electrons. The van der Waals surface area contributed by atoms with Gasteiger partial charge in [-0.25, -0.2) is 0 Å². The average molecular weight is 517 g/mol. The van der Waals surface area contributed by atoms with Crippen molar-refractivity contribution in [3.63, 3.8) is 0 Å². The zero-order valence-corrected chi connectivity index (χ0v) is 20.9. The summed E-state index contributed by atoms with van der Waals surface area (Å²) in [4.78, 5) is 72.5. The Morgan fingerprint density at radius 2 is 1.54 bits per heavy atom. The van der Waals surface area contributed by atoms with Gasteiger partial charge in [-0.2, -0.15) is 8.42 Å². The molecule has 0 saturated carbocycles. The van der Waals surface area contributed by atoms with Crippen molar-refractivity contribution < 1.29 is 41.7 Å². The van der Waals surface area contributed by atoms with Crippen LogP contribution in [0.15, 0.2) is 12.2 Å². The lowest BCUT2D eigenvalue weighted by Gasteiger charge is -2.26. The number of amides is 5. The van der Waals surface area contributed by atoms with Crippen LogP contribution in [0.2, 0.25) is 0 Å². The Bertz CT molecular complexity index is 973. The minimum absolute atomic E-state index is 0.222. The number of carbonyl (C=O) groups excluding carboxylic acids is 6. The van der Waals surface area contributed by atoms with Crippen molar-refractivity contribution >= 4 is 45.4 Å². The van der Waals surface area contributed by atoms with Gasteiger partial charge < -0.3 is 16.0 Å². The van der Waals surface area contributed by atoms with E-state index in [1.165, 1.54) is 13.8 Å². The van der Waals surface area contributed by atoms with E-state index < -0.39 is 70.0 Å². The van der Waals surface area contributed by atoms with Crippen LogP contribution in [-0.2, 0) is 38.9 Å². The van der Waals surface area contributed by atoms with E-state index in [1.54, 1.807) is 13.8 Å². The molecule has 5 amide bonds. The Labute approximate surface area is 203 Å². The van der Waals surface area contributed by atoms with Gasteiger partial charge in [0.1, 0.15) is 6.04 Å². The van der Waals surface area contributed by atoms with Crippen LogP contribution in [0.4, 0.5) is 0 Å². The predicted molar refractivity (Wildman–Crippen MR) is 123 cm³/mol. The van der Waals surface area contributed by atoms with Gasteiger partial charge in [0, 0.05) is 32.2 Å². The third-order valence-electron chi connectivity index (χ3n) is 5.27. The number of hydrogen-bond acceptors (Lipinski definition) is 8. The molecule has 0 aromatic heterocycles. The number of nitrogens with one attached hydrogen (secondary N) is 3. The third-order valence-corrected chi connectivity index (χ3v) is 6.43. The molecule has 3 atom stereocenters. The highest BCUT2D eigenvalue weighted by molar-refractivity contribution is 7.87. The highest BCUT2D eigenvalue weighted by Gasteiger charge is 2.36. The van der Waals surface area contributed by atoms with Gasteiger partial charge in [-0.1, -0.05) is 13.8 Å². The molecule has 0 aromatic rings. The molecule has 0 aromatic carbocycles. The molecular formula is C21H32N4O9S. The van der Waals surface area contributed by atoms with Crippen LogP contribution in [0.1, 0.15) is 47.0 Å². The van der Waals surface area contributed by atoms with Crippen LogP contribution in [-0.4, -0.2) is 83.6 Å². The first kappa shape index (κ1) is 29.9. The zero-order valence-electron chi connectivity index (χ0n) is 20.1. The summed E-state index contributed by atoms with van der Waals surface area (Å²) in [5.74, 6) is -4.41. The minimum Gasteiger partial charge on any atom is -0.356 e. The summed E-state index contributed by atoms with van der Waals surface area (Å²) < 4.78 is 33.2. The number of hydrogen-bond donors (Lipinski definition) is 4. The molecule has 1 aliphatic heterocycles. The van der Waals surface area contributed by atoms with Crippen LogP contribution < -0.4 is 16.0 Å². The summed E-state index contributed by atoms with van der Waals surface area (Å²) in [6.07, 6.45) is 2.02. The highest BCUT2D eigenvalue weighted by Crippen LogP contribution is 2.12. The molecular weight excluding hydrogens is 484 g/mol. The topological polar surface area (TPSA) is 196 Å². The summed E-state index contributed by atoms with van der Waals surface area (Å²) in [7, 11) is -4.95. The molecule has 4 N–H and O–H groups in total. The maximum Gasteiger partial charge on any atom is 0.277 e. The Balaban J connectivity index is 2.88. The molecule has 13 nitrogen and oxygen atoms in total. The van der Waals surface area contributed by atoms with Crippen molar-refractivity contribution in [2.75, 3.05) is 13.1 Å². The molecule has 14 heteroatoms. The maximum atomic E-state index is 12.8. The quantitative estimate of drug-likeness (QED) is 0.123. The van der Waals surface area contributed by atoms with Crippen LogP contribution in [0.5, 0.6) is 0 Å². The fourth-order valence-electron chi connectivity index (χ4n) is 3.30. The molecule has 35 heavy (non-hydrogen) atoms. The minimum atomic E-state index is -4.95. The SMILES string of the molecule is CC(=O)NCCC[C@H](NC(=O)[C@@H](NC(=O)[C@H](CCN1C(=O)C=CC1=O)S(=O)(=O)O)C(C)C)C(C)=O. The fraction of sp³-hybridized carbons (Fsp3) is 0.619. The largest absolute Gasteiger partial charge is 0.356 e. The van der Waals surface area contributed by atoms with E-state index in [1.807, 2.05) is 0 Å². The number of Topliss-reactive ketones (excluding diaryl/α,β-unsaturated/α-hetero) is 1. The van der Waals surface area contributed by atoms with Gasteiger partial charge in [-0.05, 0) is 32.1 Å². The van der Waals surface area contributed by atoms with E-state index in [4.69, 9.17) is 0 Å². The lowest BCUT2D eigenvalue weighted by molar-refractivity contribution is -0.137. The molecule has 1 aliphatic rings. The smallest absolute Gasteiger partial charge is 0.277 e. The van der Waals surface area contributed by atoms with Crippen molar-refractivity contribution in [3.05, 3.63) is 12.2 Å². The van der Waals surface area contributed by atoms with Gasteiger partial charge in [0.2, 0.25) is 17.7 Å². The van der Waals surface area contributed by atoms with Crippen LogP contribution in [0.3, 0.4) is 0 Å². The Hall–Kier alpha value is -3.13. The van der Waals surface area contributed by atoms with Crippen molar-refractivity contribution in [1.82, 2.24) is 20.9 Å². The highest BCUT2D eigenvalue weighted by atomic mass is 32.2. The molecule has 0 unspecified atom stereocenters. The number of ketones is 1. The molecule has 0 bridgehead atoms. The Morgan fingerprint density at radius 3 is 2.00 bits per heavy atom. The number of rotatable bonds is 14. The third kappa shape index (κ3) is 9.56. The molecule has 0 spiro atoms. The number of imide groups is 1. The molecule has 1 heterocycles. The van der Waals surface area contributed by atoms with Crippen molar-refractivity contribution in [3.8, 4) is 0 Å². The van der Waals surface area contributed by atoms with E-state index in [-0.39, 0.29) is 18.1 Å². The lowest BCUT2D eigenvalue weighted by atomic mass is 10.0. The standard InChI is InChI=1S/C21H32N4O9S/c1-12(2)19(21(31)23-15(13(3)26)6-5-10-22-14(4)27)24-20(30)16(35(32,33)34)9-11-25-17(28)7-8-18(25)29/h7-8,12,15-16,19H,5-6,9-11H2,1-4H3,(H,22,27)(H,23,31)(H,24,30)(H,32,33,34)/t15-,16-,19-/m0/s1. The first-order chi connectivity index (χ1) is 16.1. The second-order valence-corrected chi connectivity index (χ2v) is 10.1. The van der Waals surface area contributed by atoms with Gasteiger partial charge in [-0.3, -0.25) is 38.2 Å². The number of carbonyl (C=O) groups is 6. The summed E-state index contributed by atoms with van der Waals surface area (Å²) in [5.41, 5.74) is 0. The van der Waals surface area contributed by atoms with Crippen LogP contribution >= 0.6 is 0 Å². The van der Waals surface area contributed by atoms with E-state index in [2.05, 4.69) is 16.0 Å². The first-order valence-electron chi connectivity index (χ1n) is 11.0. The van der Waals surface area contributed by atoms with E-state index in [0.29, 0.717) is 13.0 Å². The molecule has 0 aliphatic carbocycles. The molecule has 0 radical (unpaired) electrons. The Kier molecular flexibility index (Phi) is 11.2. The van der Waals surface area contributed by atoms with E-state index >= 15 is 0 Å². The summed E-state index contributed by atoms with van der Waals surface area (Å²) in [5, 5.41) is 5.34. The average Bonchev–Trinajstić information content (AvgIpc) is 3.04.